The number of rotatable bonds is 3. The Morgan fingerprint density at radius 2 is 1.89 bits per heavy atom. The molecule has 0 unspecified atom stereocenters. The Kier molecular flexibility index (Phi) is 3.46. The van der Waals surface area contributed by atoms with Gasteiger partial charge in [0.2, 0.25) is 0 Å². The minimum atomic E-state index is -0.108. The van der Waals surface area contributed by atoms with E-state index in [1.807, 2.05) is 38.1 Å². The van der Waals surface area contributed by atoms with Crippen LogP contribution in [0.3, 0.4) is 0 Å². The van der Waals surface area contributed by atoms with Crippen LogP contribution in [0.25, 0.3) is 0 Å². The van der Waals surface area contributed by atoms with E-state index in [1.165, 1.54) is 0 Å². The van der Waals surface area contributed by atoms with Crippen molar-refractivity contribution in [2.45, 2.75) is 27.3 Å². The molecule has 0 saturated carbocycles. The van der Waals surface area contributed by atoms with Crippen molar-refractivity contribution in [2.75, 3.05) is 0 Å². The summed E-state index contributed by atoms with van der Waals surface area (Å²) in [7, 11) is 0. The maximum Gasteiger partial charge on any atom is 0.251 e. The second-order valence-corrected chi connectivity index (χ2v) is 4.29. The van der Waals surface area contributed by atoms with Gasteiger partial charge in [-0.05, 0) is 26.0 Å². The highest BCUT2D eigenvalue weighted by Gasteiger charge is 2.09. The van der Waals surface area contributed by atoms with Gasteiger partial charge in [0.1, 0.15) is 5.76 Å². The van der Waals surface area contributed by atoms with Crippen molar-refractivity contribution in [3.8, 4) is 0 Å². The molecule has 0 saturated heterocycles. The lowest BCUT2D eigenvalue weighted by Crippen LogP contribution is -2.22. The minimum absolute atomic E-state index is 0.108. The summed E-state index contributed by atoms with van der Waals surface area (Å²) in [5.74, 6) is 1.21. The SMILES string of the molecule is Cc1ccc(C(=O)NCc2oc(C)nc2C)cc1. The normalized spacial score (nSPS) is 10.4. The van der Waals surface area contributed by atoms with Crippen LogP contribution < -0.4 is 5.32 Å². The van der Waals surface area contributed by atoms with E-state index in [-0.39, 0.29) is 5.91 Å². The maximum atomic E-state index is 11.9. The zero-order chi connectivity index (χ0) is 13.1. The van der Waals surface area contributed by atoms with Gasteiger partial charge in [0.25, 0.3) is 5.91 Å². The standard InChI is InChI=1S/C14H16N2O2/c1-9-4-6-12(7-5-9)14(17)15-8-13-10(2)16-11(3)18-13/h4-7H,8H2,1-3H3,(H,15,17). The predicted octanol–water partition coefficient (Wildman–Crippen LogP) is 2.53. The molecule has 0 atom stereocenters. The maximum absolute atomic E-state index is 11.9. The van der Waals surface area contributed by atoms with E-state index in [1.54, 1.807) is 6.92 Å². The fourth-order valence-electron chi connectivity index (χ4n) is 1.71. The van der Waals surface area contributed by atoms with Gasteiger partial charge in [-0.3, -0.25) is 4.79 Å². The quantitative estimate of drug-likeness (QED) is 0.902. The average Bonchev–Trinajstić information content (AvgIpc) is 2.66. The highest BCUT2D eigenvalue weighted by atomic mass is 16.4. The van der Waals surface area contributed by atoms with E-state index in [0.717, 1.165) is 11.3 Å². The molecule has 0 radical (unpaired) electrons. The second-order valence-electron chi connectivity index (χ2n) is 4.29. The van der Waals surface area contributed by atoms with E-state index in [0.29, 0.717) is 23.8 Å². The number of hydrogen-bond donors (Lipinski definition) is 1. The van der Waals surface area contributed by atoms with Crippen molar-refractivity contribution in [1.29, 1.82) is 0 Å². The van der Waals surface area contributed by atoms with E-state index >= 15 is 0 Å². The van der Waals surface area contributed by atoms with Crippen LogP contribution in [0, 0.1) is 20.8 Å². The Labute approximate surface area is 106 Å². The van der Waals surface area contributed by atoms with Crippen molar-refractivity contribution in [3.05, 3.63) is 52.7 Å². The van der Waals surface area contributed by atoms with Gasteiger partial charge in [-0.1, -0.05) is 17.7 Å². The van der Waals surface area contributed by atoms with Crippen LogP contribution in [-0.4, -0.2) is 10.9 Å². The summed E-state index contributed by atoms with van der Waals surface area (Å²) in [6.45, 7) is 6.00. The first kappa shape index (κ1) is 12.4. The first-order valence-corrected chi connectivity index (χ1v) is 5.84. The van der Waals surface area contributed by atoms with Crippen molar-refractivity contribution < 1.29 is 9.21 Å². The number of nitrogens with zero attached hydrogens (tertiary/aromatic N) is 1. The third kappa shape index (κ3) is 2.77. The molecule has 18 heavy (non-hydrogen) atoms. The molecule has 0 aliphatic carbocycles. The molecule has 0 fully saturated rings. The Hall–Kier alpha value is -2.10. The number of carbonyl (C=O) groups is 1. The molecule has 4 heteroatoms. The van der Waals surface area contributed by atoms with Gasteiger partial charge >= 0.3 is 0 Å². The number of oxazole rings is 1. The number of aryl methyl sites for hydroxylation is 3. The van der Waals surface area contributed by atoms with Crippen LogP contribution in [0.1, 0.15) is 33.3 Å². The number of nitrogens with one attached hydrogen (secondary N) is 1. The van der Waals surface area contributed by atoms with Gasteiger partial charge in [0.15, 0.2) is 5.89 Å². The van der Waals surface area contributed by atoms with E-state index in [9.17, 15) is 4.79 Å². The number of carbonyl (C=O) groups excluding carboxylic acids is 1. The zero-order valence-electron chi connectivity index (χ0n) is 10.8. The molecular formula is C14H16N2O2. The average molecular weight is 244 g/mol. The van der Waals surface area contributed by atoms with Gasteiger partial charge in [-0.25, -0.2) is 4.98 Å². The molecule has 2 aromatic rings. The molecule has 1 heterocycles. The number of aromatic nitrogens is 1. The molecule has 4 nitrogen and oxygen atoms in total. The van der Waals surface area contributed by atoms with Gasteiger partial charge in [0, 0.05) is 12.5 Å². The topological polar surface area (TPSA) is 55.1 Å². The van der Waals surface area contributed by atoms with Gasteiger partial charge < -0.3 is 9.73 Å². The highest BCUT2D eigenvalue weighted by Crippen LogP contribution is 2.09. The monoisotopic (exact) mass is 244 g/mol. The lowest BCUT2D eigenvalue weighted by molar-refractivity contribution is 0.0948. The lowest BCUT2D eigenvalue weighted by atomic mass is 10.1. The Morgan fingerprint density at radius 1 is 1.22 bits per heavy atom. The van der Waals surface area contributed by atoms with Gasteiger partial charge in [0.05, 0.1) is 12.2 Å². The van der Waals surface area contributed by atoms with Crippen LogP contribution in [0.5, 0.6) is 0 Å². The largest absolute Gasteiger partial charge is 0.444 e. The van der Waals surface area contributed by atoms with Crippen LogP contribution in [0.15, 0.2) is 28.7 Å². The van der Waals surface area contributed by atoms with Gasteiger partial charge in [-0.15, -0.1) is 0 Å². The summed E-state index contributed by atoms with van der Waals surface area (Å²) < 4.78 is 5.39. The first-order chi connectivity index (χ1) is 8.56. The summed E-state index contributed by atoms with van der Waals surface area (Å²) in [4.78, 5) is 16.0. The summed E-state index contributed by atoms with van der Waals surface area (Å²) in [5, 5.41) is 2.82. The summed E-state index contributed by atoms with van der Waals surface area (Å²) >= 11 is 0. The fourth-order valence-corrected chi connectivity index (χ4v) is 1.71. The minimum Gasteiger partial charge on any atom is -0.444 e. The Balaban J connectivity index is 2.00. The molecule has 1 N–H and O–H groups in total. The molecule has 0 aliphatic rings. The third-order valence-electron chi connectivity index (χ3n) is 2.72. The lowest BCUT2D eigenvalue weighted by Gasteiger charge is -2.04. The molecule has 94 valence electrons. The second kappa shape index (κ2) is 5.04. The van der Waals surface area contributed by atoms with Crippen molar-refractivity contribution in [1.82, 2.24) is 10.3 Å². The van der Waals surface area contributed by atoms with Crippen LogP contribution in [0.4, 0.5) is 0 Å². The van der Waals surface area contributed by atoms with E-state index in [4.69, 9.17) is 4.42 Å². The smallest absolute Gasteiger partial charge is 0.251 e. The summed E-state index contributed by atoms with van der Waals surface area (Å²) in [6, 6.07) is 7.45. The van der Waals surface area contributed by atoms with E-state index in [2.05, 4.69) is 10.3 Å². The molecule has 0 aliphatic heterocycles. The number of benzene rings is 1. The fraction of sp³-hybridized carbons (Fsp3) is 0.286. The predicted molar refractivity (Wildman–Crippen MR) is 68.3 cm³/mol. The Bertz CT molecular complexity index is 556. The summed E-state index contributed by atoms with van der Waals surface area (Å²) in [5.41, 5.74) is 2.60. The highest BCUT2D eigenvalue weighted by molar-refractivity contribution is 5.94. The van der Waals surface area contributed by atoms with Crippen LogP contribution >= 0.6 is 0 Å². The van der Waals surface area contributed by atoms with Crippen molar-refractivity contribution >= 4 is 5.91 Å². The van der Waals surface area contributed by atoms with Crippen LogP contribution in [0.2, 0.25) is 0 Å². The van der Waals surface area contributed by atoms with Crippen molar-refractivity contribution in [3.63, 3.8) is 0 Å². The summed E-state index contributed by atoms with van der Waals surface area (Å²) in [6.07, 6.45) is 0. The van der Waals surface area contributed by atoms with Gasteiger partial charge in [-0.2, -0.15) is 0 Å². The third-order valence-corrected chi connectivity index (χ3v) is 2.72. The molecule has 1 amide bonds. The molecule has 1 aromatic heterocycles. The molecule has 2 rings (SSSR count). The number of hydrogen-bond acceptors (Lipinski definition) is 3. The zero-order valence-corrected chi connectivity index (χ0v) is 10.8. The molecule has 0 spiro atoms. The Morgan fingerprint density at radius 3 is 2.44 bits per heavy atom. The first-order valence-electron chi connectivity index (χ1n) is 5.84. The molecule has 1 aromatic carbocycles. The van der Waals surface area contributed by atoms with Crippen molar-refractivity contribution in [2.24, 2.45) is 0 Å². The van der Waals surface area contributed by atoms with Crippen LogP contribution in [-0.2, 0) is 6.54 Å². The molecular weight excluding hydrogens is 228 g/mol. The molecule has 0 bridgehead atoms. The van der Waals surface area contributed by atoms with E-state index < -0.39 is 0 Å². The number of amides is 1.